The second-order valence-corrected chi connectivity index (χ2v) is 2.74. The summed E-state index contributed by atoms with van der Waals surface area (Å²) in [6.07, 6.45) is 0. The molecule has 3 heteroatoms. The van der Waals surface area contributed by atoms with Gasteiger partial charge in [0.15, 0.2) is 0 Å². The van der Waals surface area contributed by atoms with Crippen molar-refractivity contribution < 1.29 is 0 Å². The Morgan fingerprint density at radius 1 is 1.50 bits per heavy atom. The standard InChI is InChI=1S/C9H11N3/c1-6(11)8-3-2-7(5-10)4-9(8)12/h2-4,6H,11-12H2,1H3. The second-order valence-electron chi connectivity index (χ2n) is 2.74. The third kappa shape index (κ3) is 1.55. The van der Waals surface area contributed by atoms with Crippen LogP contribution in [-0.2, 0) is 0 Å². The fourth-order valence-electron chi connectivity index (χ4n) is 1.06. The summed E-state index contributed by atoms with van der Waals surface area (Å²) in [5.41, 5.74) is 13.3. The lowest BCUT2D eigenvalue weighted by Gasteiger charge is -2.08. The third-order valence-electron chi connectivity index (χ3n) is 1.71. The summed E-state index contributed by atoms with van der Waals surface area (Å²) >= 11 is 0. The Morgan fingerprint density at radius 2 is 2.17 bits per heavy atom. The number of benzene rings is 1. The normalized spacial score (nSPS) is 12.1. The summed E-state index contributed by atoms with van der Waals surface area (Å²) in [5.74, 6) is 0. The van der Waals surface area contributed by atoms with E-state index in [0.717, 1.165) is 5.56 Å². The molecule has 0 radical (unpaired) electrons. The summed E-state index contributed by atoms with van der Waals surface area (Å²) in [5, 5.41) is 8.55. The highest BCUT2D eigenvalue weighted by molar-refractivity contribution is 5.53. The maximum atomic E-state index is 8.55. The van der Waals surface area contributed by atoms with Crippen LogP contribution >= 0.6 is 0 Å². The number of anilines is 1. The number of hydrogen-bond donors (Lipinski definition) is 2. The van der Waals surface area contributed by atoms with Crippen molar-refractivity contribution in [1.29, 1.82) is 5.26 Å². The van der Waals surface area contributed by atoms with E-state index in [2.05, 4.69) is 0 Å². The minimum Gasteiger partial charge on any atom is -0.398 e. The molecule has 0 spiro atoms. The molecular formula is C9H11N3. The number of rotatable bonds is 1. The highest BCUT2D eigenvalue weighted by Gasteiger charge is 2.03. The van der Waals surface area contributed by atoms with E-state index in [9.17, 15) is 0 Å². The van der Waals surface area contributed by atoms with Gasteiger partial charge in [0.05, 0.1) is 11.6 Å². The van der Waals surface area contributed by atoms with Crippen LogP contribution in [0.25, 0.3) is 0 Å². The zero-order valence-corrected chi connectivity index (χ0v) is 6.91. The van der Waals surface area contributed by atoms with Crippen LogP contribution in [0.5, 0.6) is 0 Å². The van der Waals surface area contributed by atoms with Gasteiger partial charge in [-0.15, -0.1) is 0 Å². The van der Waals surface area contributed by atoms with Crippen molar-refractivity contribution in [3.05, 3.63) is 29.3 Å². The molecule has 0 aliphatic rings. The zero-order valence-electron chi connectivity index (χ0n) is 6.91. The quantitative estimate of drug-likeness (QED) is 0.607. The van der Waals surface area contributed by atoms with E-state index in [4.69, 9.17) is 16.7 Å². The van der Waals surface area contributed by atoms with Gasteiger partial charge in [-0.1, -0.05) is 6.07 Å². The molecule has 1 aromatic rings. The van der Waals surface area contributed by atoms with Crippen molar-refractivity contribution >= 4 is 5.69 Å². The first-order chi connectivity index (χ1) is 5.65. The minimum absolute atomic E-state index is 0.0854. The van der Waals surface area contributed by atoms with Gasteiger partial charge in [-0.3, -0.25) is 0 Å². The van der Waals surface area contributed by atoms with Crippen LogP contribution in [0, 0.1) is 11.3 Å². The monoisotopic (exact) mass is 161 g/mol. The molecule has 1 rings (SSSR count). The van der Waals surface area contributed by atoms with E-state index in [1.165, 1.54) is 0 Å². The molecule has 1 aromatic carbocycles. The zero-order chi connectivity index (χ0) is 9.14. The Hall–Kier alpha value is -1.53. The van der Waals surface area contributed by atoms with E-state index >= 15 is 0 Å². The third-order valence-corrected chi connectivity index (χ3v) is 1.71. The summed E-state index contributed by atoms with van der Waals surface area (Å²) in [7, 11) is 0. The largest absolute Gasteiger partial charge is 0.398 e. The smallest absolute Gasteiger partial charge is 0.0992 e. The molecular weight excluding hydrogens is 150 g/mol. The van der Waals surface area contributed by atoms with E-state index < -0.39 is 0 Å². The molecule has 0 aliphatic carbocycles. The molecule has 0 saturated heterocycles. The second kappa shape index (κ2) is 3.24. The highest BCUT2D eigenvalue weighted by Crippen LogP contribution is 2.19. The maximum Gasteiger partial charge on any atom is 0.0992 e. The number of nitriles is 1. The molecule has 3 nitrogen and oxygen atoms in total. The van der Waals surface area contributed by atoms with Gasteiger partial charge in [0.1, 0.15) is 0 Å². The van der Waals surface area contributed by atoms with Gasteiger partial charge in [0.25, 0.3) is 0 Å². The molecule has 12 heavy (non-hydrogen) atoms. The molecule has 0 aromatic heterocycles. The van der Waals surface area contributed by atoms with Crippen LogP contribution in [0.15, 0.2) is 18.2 Å². The highest BCUT2D eigenvalue weighted by atomic mass is 14.6. The average Bonchev–Trinajstić information content (AvgIpc) is 2.03. The molecule has 1 unspecified atom stereocenters. The van der Waals surface area contributed by atoms with Crippen LogP contribution in [0.3, 0.4) is 0 Å². The fourth-order valence-corrected chi connectivity index (χ4v) is 1.06. The van der Waals surface area contributed by atoms with E-state index in [1.807, 2.05) is 13.0 Å². The minimum atomic E-state index is -0.0854. The molecule has 0 heterocycles. The van der Waals surface area contributed by atoms with Crippen LogP contribution < -0.4 is 11.5 Å². The number of nitrogens with two attached hydrogens (primary N) is 2. The van der Waals surface area contributed by atoms with Crippen molar-refractivity contribution in [1.82, 2.24) is 0 Å². The lowest BCUT2D eigenvalue weighted by atomic mass is 10.0. The van der Waals surface area contributed by atoms with Crippen molar-refractivity contribution in [3.63, 3.8) is 0 Å². The number of hydrogen-bond acceptors (Lipinski definition) is 3. The lowest BCUT2D eigenvalue weighted by molar-refractivity contribution is 0.821. The van der Waals surface area contributed by atoms with Gasteiger partial charge < -0.3 is 11.5 Å². The molecule has 0 amide bonds. The Bertz CT molecular complexity index is 323. The predicted octanol–water partition coefficient (Wildman–Crippen LogP) is 1.16. The number of nitrogen functional groups attached to an aromatic ring is 1. The average molecular weight is 161 g/mol. The topological polar surface area (TPSA) is 75.8 Å². The molecule has 4 N–H and O–H groups in total. The first-order valence-corrected chi connectivity index (χ1v) is 3.70. The first kappa shape index (κ1) is 8.57. The van der Waals surface area contributed by atoms with Crippen molar-refractivity contribution in [2.75, 3.05) is 5.73 Å². The van der Waals surface area contributed by atoms with Gasteiger partial charge >= 0.3 is 0 Å². The van der Waals surface area contributed by atoms with Crippen molar-refractivity contribution in [2.45, 2.75) is 13.0 Å². The molecule has 0 saturated carbocycles. The summed E-state index contributed by atoms with van der Waals surface area (Å²) < 4.78 is 0. The van der Waals surface area contributed by atoms with Crippen molar-refractivity contribution in [3.8, 4) is 6.07 Å². The first-order valence-electron chi connectivity index (χ1n) is 3.70. The lowest BCUT2D eigenvalue weighted by Crippen LogP contribution is -2.08. The molecule has 0 fully saturated rings. The van der Waals surface area contributed by atoms with Gasteiger partial charge in [-0.25, -0.2) is 0 Å². The van der Waals surface area contributed by atoms with Gasteiger partial charge in [-0.05, 0) is 24.6 Å². The molecule has 0 bridgehead atoms. The van der Waals surface area contributed by atoms with Gasteiger partial charge in [0.2, 0.25) is 0 Å². The van der Waals surface area contributed by atoms with E-state index in [-0.39, 0.29) is 6.04 Å². The summed E-state index contributed by atoms with van der Waals surface area (Å²) in [6, 6.07) is 7.07. The van der Waals surface area contributed by atoms with E-state index in [1.54, 1.807) is 18.2 Å². The predicted molar refractivity (Wildman–Crippen MR) is 48.2 cm³/mol. The SMILES string of the molecule is CC(N)c1ccc(C#N)cc1N. The summed E-state index contributed by atoms with van der Waals surface area (Å²) in [6.45, 7) is 1.86. The molecule has 62 valence electrons. The Morgan fingerprint density at radius 3 is 2.58 bits per heavy atom. The van der Waals surface area contributed by atoms with Crippen LogP contribution in [0.1, 0.15) is 24.1 Å². The molecule has 0 aliphatic heterocycles. The summed E-state index contributed by atoms with van der Waals surface area (Å²) in [4.78, 5) is 0. The fraction of sp³-hybridized carbons (Fsp3) is 0.222. The van der Waals surface area contributed by atoms with E-state index in [0.29, 0.717) is 11.3 Å². The van der Waals surface area contributed by atoms with Crippen LogP contribution in [-0.4, -0.2) is 0 Å². The molecule has 1 atom stereocenters. The van der Waals surface area contributed by atoms with Gasteiger partial charge in [-0.2, -0.15) is 5.26 Å². The maximum absolute atomic E-state index is 8.55. The van der Waals surface area contributed by atoms with Gasteiger partial charge in [0, 0.05) is 11.7 Å². The van der Waals surface area contributed by atoms with Crippen molar-refractivity contribution in [2.24, 2.45) is 5.73 Å². The Labute approximate surface area is 71.6 Å². The van der Waals surface area contributed by atoms with Crippen LogP contribution in [0.4, 0.5) is 5.69 Å². The Balaban J connectivity index is 3.14. The van der Waals surface area contributed by atoms with Crippen LogP contribution in [0.2, 0.25) is 0 Å². The number of nitrogens with zero attached hydrogens (tertiary/aromatic N) is 1. The Kier molecular flexibility index (Phi) is 2.32.